The highest BCUT2D eigenvalue weighted by atomic mass is 127. The molecule has 104 valence electrons. The lowest BCUT2D eigenvalue weighted by molar-refractivity contribution is 0.0687. The fourth-order valence-electron chi connectivity index (χ4n) is 2.55. The number of hydrogen-bond donors (Lipinski definition) is 1. The second-order valence-corrected chi connectivity index (χ2v) is 6.38. The van der Waals surface area contributed by atoms with Crippen LogP contribution >= 0.6 is 22.6 Å². The number of hydrogen-bond acceptors (Lipinski definition) is 2. The van der Waals surface area contributed by atoms with Crippen LogP contribution in [-0.2, 0) is 0 Å². The second kappa shape index (κ2) is 7.24. The molecule has 4 heteroatoms. The van der Waals surface area contributed by atoms with E-state index in [2.05, 4.69) is 27.9 Å². The summed E-state index contributed by atoms with van der Waals surface area (Å²) in [4.78, 5) is 14.3. The summed E-state index contributed by atoms with van der Waals surface area (Å²) in [7, 11) is 2.00. The van der Waals surface area contributed by atoms with Gasteiger partial charge in [0.2, 0.25) is 0 Å². The Kier molecular flexibility index (Phi) is 5.63. The average molecular weight is 372 g/mol. The van der Waals surface area contributed by atoms with Crippen molar-refractivity contribution < 1.29 is 4.79 Å². The van der Waals surface area contributed by atoms with Crippen molar-refractivity contribution in [3.8, 4) is 0 Å². The number of amides is 1. The van der Waals surface area contributed by atoms with Gasteiger partial charge in [0.1, 0.15) is 0 Å². The topological polar surface area (TPSA) is 32.3 Å². The zero-order valence-electron chi connectivity index (χ0n) is 11.4. The van der Waals surface area contributed by atoms with E-state index in [1.54, 1.807) is 0 Å². The van der Waals surface area contributed by atoms with E-state index in [0.717, 1.165) is 44.0 Å². The number of rotatable bonds is 4. The Hall–Kier alpha value is -0.620. The Labute approximate surface area is 128 Å². The van der Waals surface area contributed by atoms with E-state index in [1.807, 2.05) is 36.2 Å². The van der Waals surface area contributed by atoms with Crippen LogP contribution in [0.15, 0.2) is 24.3 Å². The van der Waals surface area contributed by atoms with E-state index in [9.17, 15) is 4.79 Å². The standard InChI is InChI=1S/C15H21IN2O/c1-17-9-6-12-7-10-18(11-8-12)15(19)13-2-4-14(16)5-3-13/h2-5,12,17H,6-11H2,1H3. The van der Waals surface area contributed by atoms with E-state index in [1.165, 1.54) is 9.99 Å². The zero-order valence-corrected chi connectivity index (χ0v) is 13.5. The molecule has 1 aromatic carbocycles. The molecule has 0 atom stereocenters. The van der Waals surface area contributed by atoms with Gasteiger partial charge in [-0.1, -0.05) is 0 Å². The molecule has 1 saturated heterocycles. The molecular weight excluding hydrogens is 351 g/mol. The van der Waals surface area contributed by atoms with Gasteiger partial charge in [-0.05, 0) is 85.6 Å². The van der Waals surface area contributed by atoms with Gasteiger partial charge >= 0.3 is 0 Å². The molecule has 3 nitrogen and oxygen atoms in total. The van der Waals surface area contributed by atoms with E-state index >= 15 is 0 Å². The van der Waals surface area contributed by atoms with Crippen molar-refractivity contribution in [2.24, 2.45) is 5.92 Å². The first kappa shape index (κ1) is 14.8. The minimum atomic E-state index is 0.184. The van der Waals surface area contributed by atoms with Gasteiger partial charge in [-0.15, -0.1) is 0 Å². The van der Waals surface area contributed by atoms with E-state index < -0.39 is 0 Å². The number of piperidine rings is 1. The maximum Gasteiger partial charge on any atom is 0.253 e. The molecule has 0 radical (unpaired) electrons. The van der Waals surface area contributed by atoms with Gasteiger partial charge in [0.15, 0.2) is 0 Å². The summed E-state index contributed by atoms with van der Waals surface area (Å²) in [5, 5.41) is 3.20. The van der Waals surface area contributed by atoms with Crippen molar-refractivity contribution in [1.29, 1.82) is 0 Å². The van der Waals surface area contributed by atoms with Crippen molar-refractivity contribution >= 4 is 28.5 Å². The third-order valence-electron chi connectivity index (χ3n) is 3.80. The fourth-order valence-corrected chi connectivity index (χ4v) is 2.91. The van der Waals surface area contributed by atoms with Gasteiger partial charge in [-0.25, -0.2) is 0 Å². The van der Waals surface area contributed by atoms with Crippen LogP contribution in [0.1, 0.15) is 29.6 Å². The number of nitrogens with zero attached hydrogens (tertiary/aromatic N) is 1. The summed E-state index contributed by atoms with van der Waals surface area (Å²) in [5.74, 6) is 0.955. The van der Waals surface area contributed by atoms with Crippen molar-refractivity contribution in [3.63, 3.8) is 0 Å². The molecule has 1 N–H and O–H groups in total. The molecular formula is C15H21IN2O. The zero-order chi connectivity index (χ0) is 13.7. The summed E-state index contributed by atoms with van der Waals surface area (Å²) in [6, 6.07) is 7.84. The van der Waals surface area contributed by atoms with E-state index in [-0.39, 0.29) is 5.91 Å². The lowest BCUT2D eigenvalue weighted by Crippen LogP contribution is -2.38. The summed E-state index contributed by atoms with van der Waals surface area (Å²) in [5.41, 5.74) is 0.814. The molecule has 1 heterocycles. The molecule has 0 spiro atoms. The van der Waals surface area contributed by atoms with E-state index in [0.29, 0.717) is 0 Å². The highest BCUT2D eigenvalue weighted by Crippen LogP contribution is 2.21. The molecule has 1 aromatic rings. The van der Waals surface area contributed by atoms with Gasteiger partial charge in [-0.2, -0.15) is 0 Å². The molecule has 2 rings (SSSR count). The third-order valence-corrected chi connectivity index (χ3v) is 4.51. The molecule has 1 aliphatic heterocycles. The molecule has 0 saturated carbocycles. The lowest BCUT2D eigenvalue weighted by atomic mass is 9.93. The summed E-state index contributed by atoms with van der Waals surface area (Å²) in [6.07, 6.45) is 3.50. The van der Waals surface area contributed by atoms with Gasteiger partial charge in [0.25, 0.3) is 5.91 Å². The summed E-state index contributed by atoms with van der Waals surface area (Å²) < 4.78 is 1.17. The van der Waals surface area contributed by atoms with Crippen LogP contribution in [-0.4, -0.2) is 37.5 Å². The minimum absolute atomic E-state index is 0.184. The largest absolute Gasteiger partial charge is 0.339 e. The lowest BCUT2D eigenvalue weighted by Gasteiger charge is -2.32. The van der Waals surface area contributed by atoms with Crippen molar-refractivity contribution in [3.05, 3.63) is 33.4 Å². The SMILES string of the molecule is CNCCC1CCN(C(=O)c2ccc(I)cc2)CC1. The molecule has 0 aliphatic carbocycles. The van der Waals surface area contributed by atoms with Gasteiger partial charge in [-0.3, -0.25) is 4.79 Å². The Morgan fingerprint density at radius 2 is 1.95 bits per heavy atom. The first-order valence-electron chi connectivity index (χ1n) is 6.90. The smallest absolute Gasteiger partial charge is 0.253 e. The van der Waals surface area contributed by atoms with Gasteiger partial charge < -0.3 is 10.2 Å². The van der Waals surface area contributed by atoms with Crippen molar-refractivity contribution in [2.45, 2.75) is 19.3 Å². The fraction of sp³-hybridized carbons (Fsp3) is 0.533. The third kappa shape index (κ3) is 4.18. The van der Waals surface area contributed by atoms with Crippen LogP contribution < -0.4 is 5.32 Å². The Morgan fingerprint density at radius 1 is 1.32 bits per heavy atom. The normalized spacial score (nSPS) is 16.6. The van der Waals surface area contributed by atoms with Crippen LogP contribution in [0.25, 0.3) is 0 Å². The maximum absolute atomic E-state index is 12.3. The second-order valence-electron chi connectivity index (χ2n) is 5.13. The van der Waals surface area contributed by atoms with Crippen LogP contribution in [0.2, 0.25) is 0 Å². The summed E-state index contributed by atoms with van der Waals surface area (Å²) >= 11 is 2.26. The number of carbonyl (C=O) groups excluding carboxylic acids is 1. The van der Waals surface area contributed by atoms with Crippen molar-refractivity contribution in [2.75, 3.05) is 26.7 Å². The predicted octanol–water partition coefficient (Wildman–Crippen LogP) is 2.75. The van der Waals surface area contributed by atoms with Crippen molar-refractivity contribution in [1.82, 2.24) is 10.2 Å². The van der Waals surface area contributed by atoms with Gasteiger partial charge in [0, 0.05) is 22.2 Å². The average Bonchev–Trinajstić information content (AvgIpc) is 2.46. The van der Waals surface area contributed by atoms with E-state index in [4.69, 9.17) is 0 Å². The predicted molar refractivity (Wildman–Crippen MR) is 86.3 cm³/mol. The Balaban J connectivity index is 1.87. The molecule has 1 amide bonds. The molecule has 0 bridgehead atoms. The number of halogens is 1. The van der Waals surface area contributed by atoms with Crippen LogP contribution in [0, 0.1) is 9.49 Å². The first-order chi connectivity index (χ1) is 9.20. The number of nitrogens with one attached hydrogen (secondary N) is 1. The monoisotopic (exact) mass is 372 g/mol. The molecule has 0 aromatic heterocycles. The summed E-state index contributed by atoms with van der Waals surface area (Å²) in [6.45, 7) is 2.88. The van der Waals surface area contributed by atoms with Crippen LogP contribution in [0.3, 0.4) is 0 Å². The number of carbonyl (C=O) groups is 1. The molecule has 19 heavy (non-hydrogen) atoms. The van der Waals surface area contributed by atoms with Crippen LogP contribution in [0.4, 0.5) is 0 Å². The Bertz CT molecular complexity index is 411. The quantitative estimate of drug-likeness (QED) is 0.825. The van der Waals surface area contributed by atoms with Crippen LogP contribution in [0.5, 0.6) is 0 Å². The van der Waals surface area contributed by atoms with Gasteiger partial charge in [0.05, 0.1) is 0 Å². The molecule has 0 unspecified atom stereocenters. The minimum Gasteiger partial charge on any atom is -0.339 e. The molecule has 1 fully saturated rings. The molecule has 1 aliphatic rings. The highest BCUT2D eigenvalue weighted by Gasteiger charge is 2.23. The first-order valence-corrected chi connectivity index (χ1v) is 7.98. The number of likely N-dealkylation sites (tertiary alicyclic amines) is 1. The Morgan fingerprint density at radius 3 is 2.53 bits per heavy atom. The number of benzene rings is 1. The maximum atomic E-state index is 12.3. The highest BCUT2D eigenvalue weighted by molar-refractivity contribution is 14.1.